The number of rotatable bonds is 7. The largest absolute Gasteiger partial charge is 0.335 e. The van der Waals surface area contributed by atoms with E-state index in [9.17, 15) is 18.0 Å². The lowest BCUT2D eigenvalue weighted by molar-refractivity contribution is 0.0693. The van der Waals surface area contributed by atoms with Gasteiger partial charge in [-0.3, -0.25) is 9.59 Å². The quantitative estimate of drug-likeness (QED) is 0.668. The summed E-state index contributed by atoms with van der Waals surface area (Å²) in [6, 6.07) is 9.81. The first kappa shape index (κ1) is 21.6. The minimum absolute atomic E-state index is 0.00170. The third-order valence-electron chi connectivity index (χ3n) is 5.19. The van der Waals surface area contributed by atoms with E-state index in [-0.39, 0.29) is 35.6 Å². The molecule has 0 aliphatic carbocycles. The lowest BCUT2D eigenvalue weighted by Gasteiger charge is -2.28. The monoisotopic (exact) mass is 436 g/mol. The minimum Gasteiger partial charge on any atom is -0.335 e. The molecule has 2 heterocycles. The van der Waals surface area contributed by atoms with Crippen LogP contribution in [-0.2, 0) is 16.4 Å². The van der Waals surface area contributed by atoms with Crippen molar-refractivity contribution in [2.45, 2.75) is 38.8 Å². The average molecular weight is 437 g/mol. The molecule has 0 radical (unpaired) electrons. The molecule has 6 nitrogen and oxygen atoms in total. The number of hydrogen-bond acceptors (Lipinski definition) is 4. The Bertz CT molecular complexity index is 1050. The van der Waals surface area contributed by atoms with E-state index in [0.717, 1.165) is 18.4 Å². The van der Waals surface area contributed by atoms with Gasteiger partial charge in [0, 0.05) is 29.9 Å². The molecule has 0 bridgehead atoms. The highest BCUT2D eigenvalue weighted by atomic mass is 35.5. The number of halogens is 1. The van der Waals surface area contributed by atoms with Gasteiger partial charge in [0.25, 0.3) is 11.5 Å². The van der Waals surface area contributed by atoms with Crippen molar-refractivity contribution in [3.05, 3.63) is 69.1 Å². The summed E-state index contributed by atoms with van der Waals surface area (Å²) in [5, 5.41) is 0.553. The second kappa shape index (κ2) is 9.13. The highest BCUT2D eigenvalue weighted by molar-refractivity contribution is 7.91. The van der Waals surface area contributed by atoms with Gasteiger partial charge in [-0.2, -0.15) is 0 Å². The highest BCUT2D eigenvalue weighted by Crippen LogP contribution is 2.21. The molecular formula is C21H25ClN2O4S. The van der Waals surface area contributed by atoms with E-state index in [1.165, 1.54) is 22.9 Å². The Labute approximate surface area is 176 Å². The number of nitrogens with zero attached hydrogens (tertiary/aromatic N) is 2. The Morgan fingerprint density at radius 3 is 2.66 bits per heavy atom. The van der Waals surface area contributed by atoms with Gasteiger partial charge in [-0.25, -0.2) is 8.42 Å². The maximum Gasteiger partial charge on any atom is 0.255 e. The molecule has 0 saturated carbocycles. The lowest BCUT2D eigenvalue weighted by Crippen LogP contribution is -2.42. The Morgan fingerprint density at radius 2 is 2.00 bits per heavy atom. The predicted molar refractivity (Wildman–Crippen MR) is 114 cm³/mol. The lowest BCUT2D eigenvalue weighted by atomic mass is 10.1. The Morgan fingerprint density at radius 1 is 1.24 bits per heavy atom. The number of carbonyl (C=O) groups is 1. The van der Waals surface area contributed by atoms with E-state index < -0.39 is 9.84 Å². The fraction of sp³-hybridized carbons (Fsp3) is 0.429. The molecular weight excluding hydrogens is 412 g/mol. The number of aromatic nitrogens is 1. The molecule has 3 rings (SSSR count). The fourth-order valence-corrected chi connectivity index (χ4v) is 5.48. The fourth-order valence-electron chi connectivity index (χ4n) is 3.56. The number of benzene rings is 1. The molecule has 1 aromatic heterocycles. The summed E-state index contributed by atoms with van der Waals surface area (Å²) in [6.07, 6.45) is 3.68. The van der Waals surface area contributed by atoms with Crippen LogP contribution in [0.3, 0.4) is 0 Å². The average Bonchev–Trinajstić information content (AvgIpc) is 3.05. The molecule has 2 aromatic rings. The van der Waals surface area contributed by atoms with Gasteiger partial charge in [-0.15, -0.1) is 0 Å². The van der Waals surface area contributed by atoms with Gasteiger partial charge >= 0.3 is 0 Å². The summed E-state index contributed by atoms with van der Waals surface area (Å²) in [5.74, 6) is -0.130. The maximum absolute atomic E-state index is 13.2. The van der Waals surface area contributed by atoms with Crippen molar-refractivity contribution in [3.63, 3.8) is 0 Å². The highest BCUT2D eigenvalue weighted by Gasteiger charge is 2.34. The zero-order valence-electron chi connectivity index (χ0n) is 16.4. The van der Waals surface area contributed by atoms with Crippen LogP contribution in [0.25, 0.3) is 0 Å². The number of sulfone groups is 1. The van der Waals surface area contributed by atoms with Crippen molar-refractivity contribution in [3.8, 4) is 0 Å². The minimum atomic E-state index is -3.11. The van der Waals surface area contributed by atoms with Crippen molar-refractivity contribution in [2.24, 2.45) is 0 Å². The van der Waals surface area contributed by atoms with Crippen molar-refractivity contribution >= 4 is 27.3 Å². The van der Waals surface area contributed by atoms with Crippen molar-refractivity contribution < 1.29 is 13.2 Å². The third kappa shape index (κ3) is 5.28. The normalized spacial score (nSPS) is 17.9. The standard InChI is InChI=1S/C21H25ClN2O4S/c1-2-3-11-24(18-10-12-29(27,28)15-18)21(26)17-8-9-20(25)23(14-17)13-16-6-4-5-7-19(16)22/h4-9,14,18H,2-3,10-13,15H2,1H3. The molecule has 1 atom stereocenters. The van der Waals surface area contributed by atoms with Crippen LogP contribution in [0.15, 0.2) is 47.4 Å². The molecule has 1 aromatic carbocycles. The predicted octanol–water partition coefficient (Wildman–Crippen LogP) is 2.98. The molecule has 156 valence electrons. The van der Waals surface area contributed by atoms with Crippen LogP contribution < -0.4 is 5.56 Å². The number of unbranched alkanes of at least 4 members (excludes halogenated alkanes) is 1. The molecule has 1 aliphatic heterocycles. The summed E-state index contributed by atoms with van der Waals surface area (Å²) in [4.78, 5) is 27.2. The summed E-state index contributed by atoms with van der Waals surface area (Å²) in [6.45, 7) is 2.78. The second-order valence-corrected chi connectivity index (χ2v) is 10.0. The zero-order valence-corrected chi connectivity index (χ0v) is 18.0. The van der Waals surface area contributed by atoms with E-state index in [0.29, 0.717) is 23.6 Å². The van der Waals surface area contributed by atoms with Gasteiger partial charge in [0.15, 0.2) is 9.84 Å². The van der Waals surface area contributed by atoms with E-state index in [2.05, 4.69) is 0 Å². The molecule has 1 amide bonds. The van der Waals surface area contributed by atoms with Crippen LogP contribution in [0, 0.1) is 0 Å². The number of amides is 1. The summed E-state index contributed by atoms with van der Waals surface area (Å²) in [5.41, 5.74) is 0.924. The van der Waals surface area contributed by atoms with Crippen LogP contribution in [0.5, 0.6) is 0 Å². The van der Waals surface area contributed by atoms with E-state index in [1.807, 2.05) is 25.1 Å². The number of hydrogen-bond donors (Lipinski definition) is 0. The first-order valence-corrected chi connectivity index (χ1v) is 12.0. The Balaban J connectivity index is 1.88. The van der Waals surface area contributed by atoms with Crippen LogP contribution in [0.1, 0.15) is 42.1 Å². The van der Waals surface area contributed by atoms with Gasteiger partial charge in [0.05, 0.1) is 23.6 Å². The molecule has 1 aliphatic rings. The van der Waals surface area contributed by atoms with Crippen LogP contribution in [-0.4, -0.2) is 47.9 Å². The molecule has 1 saturated heterocycles. The van der Waals surface area contributed by atoms with Gasteiger partial charge in [0.2, 0.25) is 0 Å². The molecule has 0 N–H and O–H groups in total. The Kier molecular flexibility index (Phi) is 6.80. The molecule has 1 fully saturated rings. The van der Waals surface area contributed by atoms with E-state index in [1.54, 1.807) is 11.0 Å². The summed E-state index contributed by atoms with van der Waals surface area (Å²) >= 11 is 6.20. The summed E-state index contributed by atoms with van der Waals surface area (Å²) < 4.78 is 25.3. The number of pyridine rings is 1. The van der Waals surface area contributed by atoms with Gasteiger partial charge < -0.3 is 9.47 Å². The first-order chi connectivity index (χ1) is 13.8. The van der Waals surface area contributed by atoms with Crippen molar-refractivity contribution in [2.75, 3.05) is 18.1 Å². The molecule has 8 heteroatoms. The zero-order chi connectivity index (χ0) is 21.0. The Hall–Kier alpha value is -2.12. The van der Waals surface area contributed by atoms with Gasteiger partial charge in [0.1, 0.15) is 0 Å². The van der Waals surface area contributed by atoms with Gasteiger partial charge in [-0.1, -0.05) is 43.1 Å². The van der Waals surface area contributed by atoms with E-state index in [4.69, 9.17) is 11.6 Å². The first-order valence-electron chi connectivity index (χ1n) is 9.76. The maximum atomic E-state index is 13.2. The summed E-state index contributed by atoms with van der Waals surface area (Å²) in [7, 11) is -3.11. The van der Waals surface area contributed by atoms with Gasteiger partial charge in [-0.05, 0) is 30.5 Å². The van der Waals surface area contributed by atoms with E-state index >= 15 is 0 Å². The number of carbonyl (C=O) groups excluding carboxylic acids is 1. The van der Waals surface area contributed by atoms with Crippen LogP contribution in [0.2, 0.25) is 5.02 Å². The molecule has 0 spiro atoms. The third-order valence-corrected chi connectivity index (χ3v) is 7.31. The van der Waals surface area contributed by atoms with Crippen LogP contribution in [0.4, 0.5) is 0 Å². The molecule has 29 heavy (non-hydrogen) atoms. The van der Waals surface area contributed by atoms with Crippen LogP contribution >= 0.6 is 11.6 Å². The second-order valence-electron chi connectivity index (χ2n) is 7.38. The SMILES string of the molecule is CCCCN(C(=O)c1ccc(=O)n(Cc2ccccc2Cl)c1)C1CCS(=O)(=O)C1. The van der Waals surface area contributed by atoms with Crippen molar-refractivity contribution in [1.82, 2.24) is 9.47 Å². The van der Waals surface area contributed by atoms with Crippen molar-refractivity contribution in [1.29, 1.82) is 0 Å². The smallest absolute Gasteiger partial charge is 0.255 e. The topological polar surface area (TPSA) is 76.5 Å². The molecule has 1 unspecified atom stereocenters.